The molecule has 0 aliphatic rings. The Kier molecular flexibility index (Phi) is 6.77. The Morgan fingerprint density at radius 2 is 2.00 bits per heavy atom. The SMILES string of the molecule is C=C(C)c1cc(C[P+](=O)OCCCC)cc(C(C)(C)C)c1O. The fourth-order valence-corrected chi connectivity index (χ4v) is 3.09. The highest BCUT2D eigenvalue weighted by Gasteiger charge is 2.25. The Morgan fingerprint density at radius 3 is 2.50 bits per heavy atom. The van der Waals surface area contributed by atoms with E-state index < -0.39 is 8.03 Å². The molecule has 1 aromatic carbocycles. The standard InChI is InChI=1S/C18H27O3P/c1-7-8-9-21-22(20)12-14-10-15(13(2)3)17(19)16(11-14)18(4,5)6/h10-11H,2,7-9,12H2,1,3-6H3/p+1. The van der Waals surface area contributed by atoms with Gasteiger partial charge < -0.3 is 5.11 Å². The third kappa shape index (κ3) is 5.23. The first-order valence-corrected chi connectivity index (χ1v) is 9.13. The minimum atomic E-state index is -1.72. The fourth-order valence-electron chi connectivity index (χ4n) is 2.19. The number of phenols is 1. The summed E-state index contributed by atoms with van der Waals surface area (Å²) in [5.74, 6) is 0.269. The molecule has 1 rings (SSSR count). The molecule has 0 fully saturated rings. The van der Waals surface area contributed by atoms with Crippen LogP contribution in [0.15, 0.2) is 18.7 Å². The zero-order chi connectivity index (χ0) is 16.9. The summed E-state index contributed by atoms with van der Waals surface area (Å²) in [5, 5.41) is 10.5. The zero-order valence-electron chi connectivity index (χ0n) is 14.4. The number of hydrogen-bond acceptors (Lipinski definition) is 3. The lowest BCUT2D eigenvalue weighted by Crippen LogP contribution is -2.12. The van der Waals surface area contributed by atoms with Gasteiger partial charge >= 0.3 is 8.03 Å². The van der Waals surface area contributed by atoms with Crippen LogP contribution in [0.25, 0.3) is 5.57 Å². The summed E-state index contributed by atoms with van der Waals surface area (Å²) in [6.45, 7) is 14.5. The summed E-state index contributed by atoms with van der Waals surface area (Å²) in [7, 11) is -1.72. The molecule has 0 aliphatic carbocycles. The molecule has 0 bridgehead atoms. The van der Waals surface area contributed by atoms with Gasteiger partial charge in [0, 0.05) is 16.7 Å². The molecule has 0 aromatic heterocycles. The van der Waals surface area contributed by atoms with E-state index in [1.165, 1.54) is 0 Å². The minimum Gasteiger partial charge on any atom is -0.507 e. The van der Waals surface area contributed by atoms with Gasteiger partial charge in [0.25, 0.3) is 0 Å². The number of phenolic OH excluding ortho intramolecular Hbond substituents is 1. The average molecular weight is 323 g/mol. The molecule has 3 nitrogen and oxygen atoms in total. The number of hydrogen-bond donors (Lipinski definition) is 1. The molecule has 4 heteroatoms. The number of aromatic hydroxyl groups is 1. The fraction of sp³-hybridized carbons (Fsp3) is 0.556. The van der Waals surface area contributed by atoms with Crippen molar-refractivity contribution >= 4 is 13.6 Å². The topological polar surface area (TPSA) is 46.5 Å². The third-order valence-electron chi connectivity index (χ3n) is 3.48. The van der Waals surface area contributed by atoms with E-state index in [4.69, 9.17) is 4.52 Å². The molecule has 0 radical (unpaired) electrons. The van der Waals surface area contributed by atoms with Crippen LogP contribution in [0, 0.1) is 0 Å². The first-order valence-electron chi connectivity index (χ1n) is 7.76. The molecule has 1 N–H and O–H groups in total. The smallest absolute Gasteiger partial charge is 0.507 e. The van der Waals surface area contributed by atoms with Gasteiger partial charge in [0.1, 0.15) is 12.4 Å². The van der Waals surface area contributed by atoms with E-state index >= 15 is 0 Å². The highest BCUT2D eigenvalue weighted by molar-refractivity contribution is 7.38. The van der Waals surface area contributed by atoms with E-state index in [0.717, 1.165) is 35.1 Å². The molecular formula is C18H28O3P+. The van der Waals surface area contributed by atoms with E-state index in [1.807, 2.05) is 39.8 Å². The molecule has 0 heterocycles. The van der Waals surface area contributed by atoms with E-state index in [2.05, 4.69) is 13.5 Å². The first kappa shape index (κ1) is 18.9. The van der Waals surface area contributed by atoms with Gasteiger partial charge in [-0.05, 0) is 41.0 Å². The summed E-state index contributed by atoms with van der Waals surface area (Å²) in [4.78, 5) is 0. The molecular weight excluding hydrogens is 295 g/mol. The Labute approximate surface area is 135 Å². The Bertz CT molecular complexity index is 556. The molecule has 0 aliphatic heterocycles. The monoisotopic (exact) mass is 323 g/mol. The van der Waals surface area contributed by atoms with E-state index in [-0.39, 0.29) is 11.2 Å². The molecule has 122 valence electrons. The van der Waals surface area contributed by atoms with Gasteiger partial charge in [-0.1, -0.05) is 40.7 Å². The highest BCUT2D eigenvalue weighted by atomic mass is 31.1. The third-order valence-corrected chi connectivity index (χ3v) is 4.58. The normalized spacial score (nSPS) is 12.3. The van der Waals surface area contributed by atoms with Crippen LogP contribution < -0.4 is 0 Å². The van der Waals surface area contributed by atoms with E-state index in [9.17, 15) is 9.67 Å². The van der Waals surface area contributed by atoms with Crippen LogP contribution in [0.3, 0.4) is 0 Å². The van der Waals surface area contributed by atoms with Crippen molar-refractivity contribution in [2.75, 3.05) is 6.61 Å². The van der Waals surface area contributed by atoms with E-state index in [0.29, 0.717) is 12.8 Å². The van der Waals surface area contributed by atoms with Crippen LogP contribution in [-0.4, -0.2) is 11.7 Å². The first-order chi connectivity index (χ1) is 10.2. The lowest BCUT2D eigenvalue weighted by Gasteiger charge is -2.23. The summed E-state index contributed by atoms with van der Waals surface area (Å²) >= 11 is 0. The van der Waals surface area contributed by atoms with Crippen LogP contribution in [0.4, 0.5) is 0 Å². The quantitative estimate of drug-likeness (QED) is 0.511. The molecule has 0 amide bonds. The zero-order valence-corrected chi connectivity index (χ0v) is 15.3. The maximum atomic E-state index is 12.1. The second kappa shape index (κ2) is 7.89. The number of rotatable bonds is 7. The molecule has 1 unspecified atom stereocenters. The van der Waals surface area contributed by atoms with E-state index in [1.54, 1.807) is 0 Å². The van der Waals surface area contributed by atoms with Crippen LogP contribution in [-0.2, 0) is 20.7 Å². The van der Waals surface area contributed by atoms with Gasteiger partial charge in [0.05, 0.1) is 0 Å². The van der Waals surface area contributed by atoms with Gasteiger partial charge in [-0.25, -0.2) is 0 Å². The minimum absolute atomic E-state index is 0.195. The molecule has 22 heavy (non-hydrogen) atoms. The van der Waals surface area contributed by atoms with Crippen LogP contribution in [0.1, 0.15) is 64.2 Å². The predicted octanol–water partition coefficient (Wildman–Crippen LogP) is 5.78. The lowest BCUT2D eigenvalue weighted by molar-refractivity contribution is 0.320. The number of unbranched alkanes of at least 4 members (excludes halogenated alkanes) is 1. The van der Waals surface area contributed by atoms with Gasteiger partial charge in [-0.3, -0.25) is 0 Å². The van der Waals surface area contributed by atoms with Crippen molar-refractivity contribution in [2.45, 2.75) is 59.0 Å². The lowest BCUT2D eigenvalue weighted by atomic mass is 9.83. The van der Waals surface area contributed by atoms with Gasteiger partial charge in [0.2, 0.25) is 6.16 Å². The number of allylic oxidation sites excluding steroid dienone is 1. The Balaban J connectivity index is 3.08. The van der Waals surface area contributed by atoms with Crippen LogP contribution in [0.2, 0.25) is 0 Å². The maximum Gasteiger partial charge on any atom is 0.512 e. The van der Waals surface area contributed by atoms with Crippen molar-refractivity contribution < 1.29 is 14.2 Å². The maximum absolute atomic E-state index is 12.1. The van der Waals surface area contributed by atoms with Crippen molar-refractivity contribution in [2.24, 2.45) is 0 Å². The summed E-state index contributed by atoms with van der Waals surface area (Å²) in [6.07, 6.45) is 2.31. The van der Waals surface area contributed by atoms with Crippen molar-refractivity contribution in [3.63, 3.8) is 0 Å². The van der Waals surface area contributed by atoms with Crippen LogP contribution >= 0.6 is 8.03 Å². The second-order valence-electron chi connectivity index (χ2n) is 6.75. The van der Waals surface area contributed by atoms with Crippen molar-refractivity contribution in [1.29, 1.82) is 0 Å². The van der Waals surface area contributed by atoms with Crippen LogP contribution in [0.5, 0.6) is 5.75 Å². The molecule has 1 atom stereocenters. The predicted molar refractivity (Wildman–Crippen MR) is 93.7 cm³/mol. The average Bonchev–Trinajstić information content (AvgIpc) is 2.39. The van der Waals surface area contributed by atoms with Crippen molar-refractivity contribution in [3.8, 4) is 5.75 Å². The highest BCUT2D eigenvalue weighted by Crippen LogP contribution is 2.39. The largest absolute Gasteiger partial charge is 0.512 e. The van der Waals surface area contributed by atoms with Gasteiger partial charge in [-0.2, -0.15) is 0 Å². The van der Waals surface area contributed by atoms with Crippen molar-refractivity contribution in [1.82, 2.24) is 0 Å². The Hall–Kier alpha value is -1.18. The Morgan fingerprint density at radius 1 is 1.36 bits per heavy atom. The number of benzene rings is 1. The molecule has 0 spiro atoms. The summed E-state index contributed by atoms with van der Waals surface area (Å²) in [6, 6.07) is 3.79. The second-order valence-corrected chi connectivity index (χ2v) is 7.99. The van der Waals surface area contributed by atoms with Crippen molar-refractivity contribution in [3.05, 3.63) is 35.4 Å². The van der Waals surface area contributed by atoms with Gasteiger partial charge in [-0.15, -0.1) is 4.52 Å². The molecule has 1 aromatic rings. The summed E-state index contributed by atoms with van der Waals surface area (Å²) < 4.78 is 17.4. The van der Waals surface area contributed by atoms with Gasteiger partial charge in [0.15, 0.2) is 0 Å². The summed E-state index contributed by atoms with van der Waals surface area (Å²) in [5.41, 5.74) is 3.09. The molecule has 0 saturated carbocycles. The molecule has 0 saturated heterocycles.